The van der Waals surface area contributed by atoms with Gasteiger partial charge < -0.3 is 5.32 Å². The number of benzene rings is 1. The van der Waals surface area contributed by atoms with Crippen LogP contribution in [0.4, 0.5) is 0 Å². The summed E-state index contributed by atoms with van der Waals surface area (Å²) in [5.41, 5.74) is 2.80. The highest BCUT2D eigenvalue weighted by Gasteiger charge is 2.27. The second-order valence-corrected chi connectivity index (χ2v) is 6.08. The van der Waals surface area contributed by atoms with E-state index in [-0.39, 0.29) is 0 Å². The van der Waals surface area contributed by atoms with Crippen LogP contribution in [0, 0.1) is 0 Å². The van der Waals surface area contributed by atoms with E-state index in [0.29, 0.717) is 18.0 Å². The molecule has 0 aliphatic heterocycles. The van der Waals surface area contributed by atoms with E-state index in [1.165, 1.54) is 36.8 Å². The van der Waals surface area contributed by atoms with E-state index in [1.54, 1.807) is 0 Å². The van der Waals surface area contributed by atoms with Crippen molar-refractivity contribution < 1.29 is 0 Å². The van der Waals surface area contributed by atoms with Gasteiger partial charge in [-0.3, -0.25) is 4.98 Å². The third kappa shape index (κ3) is 3.51. The summed E-state index contributed by atoms with van der Waals surface area (Å²) >= 11 is 0. The fraction of sp³-hybridized carbons (Fsp3) is 0.421. The average molecular weight is 280 g/mol. The molecule has 1 saturated carbocycles. The lowest BCUT2D eigenvalue weighted by Gasteiger charge is -2.35. The number of hydrogen-bond acceptors (Lipinski definition) is 2. The smallest absolute Gasteiger partial charge is 0.0295 e. The normalized spacial score (nSPS) is 23.7. The van der Waals surface area contributed by atoms with Crippen LogP contribution in [-0.4, -0.2) is 11.0 Å². The largest absolute Gasteiger partial charge is 0.307 e. The van der Waals surface area contributed by atoms with Crippen LogP contribution in [0.3, 0.4) is 0 Å². The molecule has 0 bridgehead atoms. The minimum Gasteiger partial charge on any atom is -0.307 e. The van der Waals surface area contributed by atoms with E-state index in [0.717, 1.165) is 0 Å². The first-order chi connectivity index (χ1) is 10.3. The molecular weight excluding hydrogens is 256 g/mol. The standard InChI is InChI=1S/C19H24N2/c1-15(16-11-13-20-14-12-16)21-19-10-6-5-9-18(19)17-7-3-2-4-8-17/h2-4,7-8,11-15,18-19,21H,5-6,9-10H2,1H3/t15-,18?,19?/m1/s1. The zero-order valence-electron chi connectivity index (χ0n) is 12.7. The van der Waals surface area contributed by atoms with Crippen LogP contribution in [0.15, 0.2) is 54.9 Å². The van der Waals surface area contributed by atoms with Gasteiger partial charge in [-0.1, -0.05) is 43.2 Å². The third-order valence-corrected chi connectivity index (χ3v) is 4.66. The molecule has 0 radical (unpaired) electrons. The maximum Gasteiger partial charge on any atom is 0.0295 e. The van der Waals surface area contributed by atoms with E-state index >= 15 is 0 Å². The molecule has 1 aromatic heterocycles. The van der Waals surface area contributed by atoms with E-state index < -0.39 is 0 Å². The predicted molar refractivity (Wildman–Crippen MR) is 87.2 cm³/mol. The molecule has 21 heavy (non-hydrogen) atoms. The Morgan fingerprint density at radius 2 is 1.71 bits per heavy atom. The van der Waals surface area contributed by atoms with Gasteiger partial charge in [0.15, 0.2) is 0 Å². The fourth-order valence-corrected chi connectivity index (χ4v) is 3.50. The molecule has 2 aromatic rings. The zero-order chi connectivity index (χ0) is 14.5. The van der Waals surface area contributed by atoms with Gasteiger partial charge >= 0.3 is 0 Å². The number of aromatic nitrogens is 1. The minimum absolute atomic E-state index is 0.377. The molecule has 2 heteroatoms. The predicted octanol–water partition coefficient (Wildman–Crippen LogP) is 4.46. The lowest BCUT2D eigenvalue weighted by atomic mass is 9.79. The third-order valence-electron chi connectivity index (χ3n) is 4.66. The molecular formula is C19H24N2. The number of hydrogen-bond donors (Lipinski definition) is 1. The second-order valence-electron chi connectivity index (χ2n) is 6.08. The first-order valence-corrected chi connectivity index (χ1v) is 8.05. The molecule has 2 nitrogen and oxygen atoms in total. The Bertz CT molecular complexity index is 538. The van der Waals surface area contributed by atoms with Crippen molar-refractivity contribution in [2.75, 3.05) is 0 Å². The Morgan fingerprint density at radius 3 is 2.48 bits per heavy atom. The summed E-state index contributed by atoms with van der Waals surface area (Å²) < 4.78 is 0. The van der Waals surface area contributed by atoms with Crippen molar-refractivity contribution >= 4 is 0 Å². The van der Waals surface area contributed by atoms with E-state index in [2.05, 4.69) is 59.7 Å². The molecule has 3 rings (SSSR count). The molecule has 1 aliphatic carbocycles. The zero-order valence-corrected chi connectivity index (χ0v) is 12.7. The first-order valence-electron chi connectivity index (χ1n) is 8.05. The van der Waals surface area contributed by atoms with Crippen LogP contribution in [0.5, 0.6) is 0 Å². The van der Waals surface area contributed by atoms with Crippen LogP contribution in [0.1, 0.15) is 55.7 Å². The molecule has 110 valence electrons. The molecule has 2 unspecified atom stereocenters. The van der Waals surface area contributed by atoms with Crippen LogP contribution in [-0.2, 0) is 0 Å². The molecule has 0 saturated heterocycles. The monoisotopic (exact) mass is 280 g/mol. The van der Waals surface area contributed by atoms with Crippen molar-refractivity contribution in [2.45, 2.75) is 50.6 Å². The Balaban J connectivity index is 1.73. The molecule has 1 fully saturated rings. The summed E-state index contributed by atoms with van der Waals surface area (Å²) in [5.74, 6) is 0.643. The first kappa shape index (κ1) is 14.3. The van der Waals surface area contributed by atoms with Gasteiger partial charge in [-0.25, -0.2) is 0 Å². The van der Waals surface area contributed by atoms with Crippen LogP contribution in [0.2, 0.25) is 0 Å². The molecule has 0 amide bonds. The van der Waals surface area contributed by atoms with E-state index in [1.807, 2.05) is 12.4 Å². The molecule has 1 heterocycles. The maximum absolute atomic E-state index is 4.11. The van der Waals surface area contributed by atoms with Crippen molar-refractivity contribution in [3.63, 3.8) is 0 Å². The summed E-state index contributed by atoms with van der Waals surface area (Å²) in [6, 6.07) is 16.2. The van der Waals surface area contributed by atoms with Crippen molar-refractivity contribution in [1.29, 1.82) is 0 Å². The summed E-state index contributed by atoms with van der Waals surface area (Å²) in [5, 5.41) is 3.86. The second kappa shape index (κ2) is 6.86. The topological polar surface area (TPSA) is 24.9 Å². The maximum atomic E-state index is 4.11. The Labute approximate surface area is 127 Å². The molecule has 1 N–H and O–H groups in total. The van der Waals surface area contributed by atoms with E-state index in [9.17, 15) is 0 Å². The Morgan fingerprint density at radius 1 is 1.00 bits per heavy atom. The minimum atomic E-state index is 0.377. The lowest BCUT2D eigenvalue weighted by molar-refractivity contribution is 0.306. The quantitative estimate of drug-likeness (QED) is 0.894. The summed E-state index contributed by atoms with van der Waals surface area (Å²) in [6.07, 6.45) is 9.01. The van der Waals surface area contributed by atoms with Crippen LogP contribution >= 0.6 is 0 Å². The van der Waals surface area contributed by atoms with Gasteiger partial charge in [0.25, 0.3) is 0 Å². The van der Waals surface area contributed by atoms with Crippen molar-refractivity contribution in [1.82, 2.24) is 10.3 Å². The van der Waals surface area contributed by atoms with E-state index in [4.69, 9.17) is 0 Å². The average Bonchev–Trinajstić information content (AvgIpc) is 2.57. The molecule has 0 spiro atoms. The SMILES string of the molecule is C[C@@H](NC1CCCCC1c1ccccc1)c1ccncc1. The van der Waals surface area contributed by atoms with Gasteiger partial charge in [-0.05, 0) is 48.9 Å². The summed E-state index contributed by atoms with van der Waals surface area (Å²) in [4.78, 5) is 4.11. The van der Waals surface area contributed by atoms with Crippen molar-refractivity contribution in [3.8, 4) is 0 Å². The highest BCUT2D eigenvalue weighted by atomic mass is 15.0. The van der Waals surface area contributed by atoms with Crippen LogP contribution in [0.25, 0.3) is 0 Å². The van der Waals surface area contributed by atoms with Crippen LogP contribution < -0.4 is 5.32 Å². The highest BCUT2D eigenvalue weighted by molar-refractivity contribution is 5.23. The number of nitrogens with zero attached hydrogens (tertiary/aromatic N) is 1. The van der Waals surface area contributed by atoms with Gasteiger partial charge in [-0.2, -0.15) is 0 Å². The number of pyridine rings is 1. The van der Waals surface area contributed by atoms with Gasteiger partial charge in [-0.15, -0.1) is 0 Å². The number of rotatable bonds is 4. The number of nitrogens with one attached hydrogen (secondary N) is 1. The molecule has 3 atom stereocenters. The summed E-state index contributed by atoms with van der Waals surface area (Å²) in [6.45, 7) is 2.26. The van der Waals surface area contributed by atoms with Crippen molar-refractivity contribution in [3.05, 3.63) is 66.0 Å². The summed E-state index contributed by atoms with van der Waals surface area (Å²) in [7, 11) is 0. The van der Waals surface area contributed by atoms with Gasteiger partial charge in [0, 0.05) is 24.5 Å². The van der Waals surface area contributed by atoms with Gasteiger partial charge in [0.1, 0.15) is 0 Å². The highest BCUT2D eigenvalue weighted by Crippen LogP contribution is 2.34. The Kier molecular flexibility index (Phi) is 4.66. The molecule has 1 aromatic carbocycles. The molecule has 1 aliphatic rings. The Hall–Kier alpha value is -1.67. The van der Waals surface area contributed by atoms with Gasteiger partial charge in [0.05, 0.1) is 0 Å². The van der Waals surface area contributed by atoms with Gasteiger partial charge in [0.2, 0.25) is 0 Å². The van der Waals surface area contributed by atoms with Crippen molar-refractivity contribution in [2.24, 2.45) is 0 Å². The lowest BCUT2D eigenvalue weighted by Crippen LogP contribution is -2.38. The fourth-order valence-electron chi connectivity index (χ4n) is 3.50.